The predicted octanol–water partition coefficient (Wildman–Crippen LogP) is 3.08. The summed E-state index contributed by atoms with van der Waals surface area (Å²) in [6, 6.07) is 5.62. The Morgan fingerprint density at radius 1 is 1.32 bits per heavy atom. The van der Waals surface area contributed by atoms with Gasteiger partial charge in [-0.25, -0.2) is 4.98 Å². The molecule has 2 aromatic heterocycles. The molecule has 0 fully saturated rings. The topological polar surface area (TPSA) is 62.7 Å². The molecule has 0 amide bonds. The van der Waals surface area contributed by atoms with Gasteiger partial charge >= 0.3 is 0 Å². The molecule has 2 heterocycles. The van der Waals surface area contributed by atoms with Gasteiger partial charge in [-0.2, -0.15) is 0 Å². The van der Waals surface area contributed by atoms with E-state index in [1.165, 1.54) is 0 Å². The summed E-state index contributed by atoms with van der Waals surface area (Å²) in [7, 11) is 1.81. The van der Waals surface area contributed by atoms with Crippen LogP contribution in [0.2, 0.25) is 5.02 Å². The van der Waals surface area contributed by atoms with Crippen molar-refractivity contribution in [1.82, 2.24) is 14.5 Å². The maximum absolute atomic E-state index is 12.8. The van der Waals surface area contributed by atoms with Crippen LogP contribution in [0.15, 0.2) is 29.3 Å². The summed E-state index contributed by atoms with van der Waals surface area (Å²) in [6.45, 7) is 4.32. The van der Waals surface area contributed by atoms with E-state index < -0.39 is 0 Å². The van der Waals surface area contributed by atoms with Crippen LogP contribution in [0.25, 0.3) is 10.8 Å². The molecule has 6 heteroatoms. The Balaban J connectivity index is 2.20. The SMILES string of the molecule is CNc1cc2cc(C)n(Cc3nc[nH]c3C)c(=O)c2cc1Cl. The van der Waals surface area contributed by atoms with Crippen molar-refractivity contribution in [3.05, 3.63) is 57.0 Å². The molecule has 1 aromatic carbocycles. The lowest BCUT2D eigenvalue weighted by molar-refractivity contribution is 0.720. The fraction of sp³-hybridized carbons (Fsp3) is 0.250. The van der Waals surface area contributed by atoms with Crippen molar-refractivity contribution >= 4 is 28.1 Å². The summed E-state index contributed by atoms with van der Waals surface area (Å²) in [5.74, 6) is 0. The predicted molar refractivity (Wildman–Crippen MR) is 89.9 cm³/mol. The number of pyridine rings is 1. The van der Waals surface area contributed by atoms with Crippen molar-refractivity contribution in [2.24, 2.45) is 0 Å². The van der Waals surface area contributed by atoms with Crippen molar-refractivity contribution < 1.29 is 0 Å². The molecule has 0 aliphatic rings. The van der Waals surface area contributed by atoms with E-state index in [2.05, 4.69) is 15.3 Å². The van der Waals surface area contributed by atoms with E-state index in [4.69, 9.17) is 11.6 Å². The van der Waals surface area contributed by atoms with Gasteiger partial charge in [0, 0.05) is 23.8 Å². The molecule has 0 aliphatic heterocycles. The molecular weight excluding hydrogens is 300 g/mol. The normalized spacial score (nSPS) is 11.1. The third-order valence-electron chi connectivity index (χ3n) is 3.92. The monoisotopic (exact) mass is 316 g/mol. The van der Waals surface area contributed by atoms with Crippen LogP contribution in [-0.4, -0.2) is 21.6 Å². The second-order valence-corrected chi connectivity index (χ2v) is 5.73. The molecule has 2 N–H and O–H groups in total. The minimum absolute atomic E-state index is 0.0537. The summed E-state index contributed by atoms with van der Waals surface area (Å²) < 4.78 is 1.72. The van der Waals surface area contributed by atoms with Gasteiger partial charge in [-0.15, -0.1) is 0 Å². The van der Waals surface area contributed by atoms with Crippen molar-refractivity contribution in [3.63, 3.8) is 0 Å². The number of hydrogen-bond donors (Lipinski definition) is 2. The number of nitrogens with zero attached hydrogens (tertiary/aromatic N) is 2. The van der Waals surface area contributed by atoms with Gasteiger partial charge in [0.05, 0.1) is 29.3 Å². The zero-order valence-corrected chi connectivity index (χ0v) is 13.5. The Morgan fingerprint density at radius 3 is 2.73 bits per heavy atom. The average molecular weight is 317 g/mol. The molecule has 0 spiro atoms. The number of imidazole rings is 1. The molecule has 0 unspecified atom stereocenters. The number of aromatic amines is 1. The highest BCUT2D eigenvalue weighted by Gasteiger charge is 2.11. The zero-order valence-electron chi connectivity index (χ0n) is 12.7. The lowest BCUT2D eigenvalue weighted by Gasteiger charge is -2.12. The van der Waals surface area contributed by atoms with Gasteiger partial charge < -0.3 is 14.9 Å². The zero-order chi connectivity index (χ0) is 15.9. The van der Waals surface area contributed by atoms with Gasteiger partial charge in [-0.1, -0.05) is 11.6 Å². The number of fused-ring (bicyclic) bond motifs is 1. The highest BCUT2D eigenvalue weighted by molar-refractivity contribution is 6.34. The largest absolute Gasteiger partial charge is 0.387 e. The van der Waals surface area contributed by atoms with Gasteiger partial charge in [0.15, 0.2) is 0 Å². The van der Waals surface area contributed by atoms with Gasteiger partial charge in [0.1, 0.15) is 0 Å². The number of H-pyrrole nitrogens is 1. The third kappa shape index (κ3) is 2.37. The van der Waals surface area contributed by atoms with Gasteiger partial charge in [-0.3, -0.25) is 4.79 Å². The Kier molecular flexibility index (Phi) is 3.66. The van der Waals surface area contributed by atoms with E-state index in [-0.39, 0.29) is 5.56 Å². The first-order chi connectivity index (χ1) is 10.5. The van der Waals surface area contributed by atoms with Crippen LogP contribution in [0.3, 0.4) is 0 Å². The van der Waals surface area contributed by atoms with Crippen molar-refractivity contribution in [2.45, 2.75) is 20.4 Å². The van der Waals surface area contributed by atoms with E-state index in [1.807, 2.05) is 33.0 Å². The quantitative estimate of drug-likeness (QED) is 0.780. The fourth-order valence-corrected chi connectivity index (χ4v) is 2.85. The molecule has 0 bridgehead atoms. The van der Waals surface area contributed by atoms with E-state index >= 15 is 0 Å². The molecule has 0 aliphatic carbocycles. The third-order valence-corrected chi connectivity index (χ3v) is 4.23. The summed E-state index contributed by atoms with van der Waals surface area (Å²) in [4.78, 5) is 20.1. The Morgan fingerprint density at radius 2 is 2.09 bits per heavy atom. The summed E-state index contributed by atoms with van der Waals surface area (Å²) in [5, 5.41) is 5.06. The number of hydrogen-bond acceptors (Lipinski definition) is 3. The molecular formula is C16H17ClN4O. The Hall–Kier alpha value is -2.27. The fourth-order valence-electron chi connectivity index (χ4n) is 2.59. The first-order valence-corrected chi connectivity index (χ1v) is 7.39. The summed E-state index contributed by atoms with van der Waals surface area (Å²) in [6.07, 6.45) is 1.64. The van der Waals surface area contributed by atoms with Crippen molar-refractivity contribution in [2.75, 3.05) is 12.4 Å². The van der Waals surface area contributed by atoms with Gasteiger partial charge in [-0.05, 0) is 37.4 Å². The molecule has 0 saturated carbocycles. The van der Waals surface area contributed by atoms with E-state index in [9.17, 15) is 4.79 Å². The molecule has 22 heavy (non-hydrogen) atoms. The first-order valence-electron chi connectivity index (χ1n) is 7.01. The number of benzene rings is 1. The maximum Gasteiger partial charge on any atom is 0.259 e. The van der Waals surface area contributed by atoms with Gasteiger partial charge in [0.25, 0.3) is 5.56 Å². The number of nitrogens with one attached hydrogen (secondary N) is 2. The first kappa shape index (κ1) is 14.7. The van der Waals surface area contributed by atoms with Crippen LogP contribution < -0.4 is 10.9 Å². The number of anilines is 1. The number of halogens is 1. The molecule has 0 saturated heterocycles. The van der Waals surface area contributed by atoms with Crippen molar-refractivity contribution in [1.29, 1.82) is 0 Å². The Labute approximate surface area is 133 Å². The molecule has 3 aromatic rings. The van der Waals surface area contributed by atoms with Crippen LogP contribution in [0.5, 0.6) is 0 Å². The van der Waals surface area contributed by atoms with E-state index in [0.29, 0.717) is 17.0 Å². The molecule has 0 atom stereocenters. The van der Waals surface area contributed by atoms with E-state index in [1.54, 1.807) is 17.0 Å². The Bertz CT molecular complexity index is 910. The lowest BCUT2D eigenvalue weighted by Crippen LogP contribution is -2.23. The van der Waals surface area contributed by atoms with Crippen molar-refractivity contribution in [3.8, 4) is 0 Å². The summed E-state index contributed by atoms with van der Waals surface area (Å²) >= 11 is 6.21. The van der Waals surface area contributed by atoms with Gasteiger partial charge in [0.2, 0.25) is 0 Å². The van der Waals surface area contributed by atoms with Crippen LogP contribution in [-0.2, 0) is 6.54 Å². The van der Waals surface area contributed by atoms with Crippen LogP contribution in [0.1, 0.15) is 17.1 Å². The standard InChI is InChI=1S/C16H17ClN4O/c1-9-4-11-5-14(18-3)13(17)6-12(11)16(22)21(9)7-15-10(2)19-8-20-15/h4-6,8,18H,7H2,1-3H3,(H,19,20). The maximum atomic E-state index is 12.8. The second kappa shape index (κ2) is 5.50. The number of rotatable bonds is 3. The lowest BCUT2D eigenvalue weighted by atomic mass is 10.1. The molecule has 114 valence electrons. The highest BCUT2D eigenvalue weighted by atomic mass is 35.5. The second-order valence-electron chi connectivity index (χ2n) is 5.32. The van der Waals surface area contributed by atoms with Crippen LogP contribution in [0, 0.1) is 13.8 Å². The molecule has 5 nitrogen and oxygen atoms in total. The van der Waals surface area contributed by atoms with E-state index in [0.717, 1.165) is 28.2 Å². The highest BCUT2D eigenvalue weighted by Crippen LogP contribution is 2.26. The minimum atomic E-state index is -0.0537. The average Bonchev–Trinajstić information content (AvgIpc) is 2.89. The molecule has 3 rings (SSSR count). The number of aromatic nitrogens is 3. The smallest absolute Gasteiger partial charge is 0.259 e. The van der Waals surface area contributed by atoms with Crippen LogP contribution in [0.4, 0.5) is 5.69 Å². The minimum Gasteiger partial charge on any atom is -0.387 e. The summed E-state index contributed by atoms with van der Waals surface area (Å²) in [5.41, 5.74) is 3.48. The molecule has 0 radical (unpaired) electrons. The number of aryl methyl sites for hydroxylation is 2. The van der Waals surface area contributed by atoms with Crippen LogP contribution >= 0.6 is 11.6 Å².